The van der Waals surface area contributed by atoms with E-state index in [1.54, 1.807) is 6.92 Å². The van der Waals surface area contributed by atoms with E-state index >= 15 is 0 Å². The molecule has 1 saturated heterocycles. The van der Waals surface area contributed by atoms with Gasteiger partial charge >= 0.3 is 0 Å². The van der Waals surface area contributed by atoms with Crippen LogP contribution in [0.5, 0.6) is 0 Å². The summed E-state index contributed by atoms with van der Waals surface area (Å²) in [6.07, 6.45) is 2.89. The molecule has 1 aliphatic heterocycles. The third kappa shape index (κ3) is 2.97. The Morgan fingerprint density at radius 3 is 2.67 bits per heavy atom. The number of aromatic amines is 1. The van der Waals surface area contributed by atoms with E-state index in [1.165, 1.54) is 15.9 Å². The Labute approximate surface area is 161 Å². The minimum atomic E-state index is -0.0913. The number of carbonyl (C=O) groups excluding carboxylic acids is 1. The smallest absolute Gasteiger partial charge is 0.275 e. The van der Waals surface area contributed by atoms with Crippen molar-refractivity contribution in [1.82, 2.24) is 24.5 Å². The van der Waals surface area contributed by atoms with Gasteiger partial charge in [0.05, 0.1) is 22.4 Å². The van der Waals surface area contributed by atoms with E-state index in [0.29, 0.717) is 22.6 Å². The maximum absolute atomic E-state index is 13.2. The van der Waals surface area contributed by atoms with Crippen LogP contribution in [0, 0.1) is 27.7 Å². The molecule has 0 radical (unpaired) electrons. The number of hydrogen-bond donors (Lipinski definition) is 1. The molecular formula is C19H23N5O2S. The zero-order valence-electron chi connectivity index (χ0n) is 16.0. The predicted molar refractivity (Wildman–Crippen MR) is 105 cm³/mol. The first-order valence-electron chi connectivity index (χ1n) is 9.20. The van der Waals surface area contributed by atoms with E-state index in [1.807, 2.05) is 31.7 Å². The molecule has 0 aromatic carbocycles. The second-order valence-corrected chi connectivity index (χ2v) is 8.39. The van der Waals surface area contributed by atoms with Crippen molar-refractivity contribution in [3.63, 3.8) is 0 Å². The first-order chi connectivity index (χ1) is 12.9. The zero-order valence-corrected chi connectivity index (χ0v) is 16.8. The van der Waals surface area contributed by atoms with Crippen molar-refractivity contribution in [3.8, 4) is 0 Å². The number of hydrogen-bond acceptors (Lipinski definition) is 5. The Balaban J connectivity index is 1.76. The number of carbonyl (C=O) groups is 1. The molecular weight excluding hydrogens is 362 g/mol. The highest BCUT2D eigenvalue weighted by Gasteiger charge is 2.32. The molecule has 1 N–H and O–H groups in total. The standard InChI is InChI=1S/C19H23N5O2S/c1-10-11(2)21-16-9-14(22-24(16)18(10)25)15-7-5-6-8-23(15)19(26)17-12(3)20-13(4)27-17/h9,15,22H,5-8H2,1-4H3. The number of rotatable bonds is 2. The number of likely N-dealkylation sites (tertiary alicyclic amines) is 1. The fourth-order valence-corrected chi connectivity index (χ4v) is 4.64. The summed E-state index contributed by atoms with van der Waals surface area (Å²) < 4.78 is 1.48. The maximum atomic E-state index is 13.2. The average Bonchev–Trinajstić information content (AvgIpc) is 3.22. The Hall–Kier alpha value is -2.48. The van der Waals surface area contributed by atoms with Crippen molar-refractivity contribution in [2.24, 2.45) is 0 Å². The molecule has 0 spiro atoms. The highest BCUT2D eigenvalue weighted by Crippen LogP contribution is 2.33. The first-order valence-corrected chi connectivity index (χ1v) is 10.0. The largest absolute Gasteiger partial charge is 0.329 e. The molecule has 1 fully saturated rings. The lowest BCUT2D eigenvalue weighted by atomic mass is 9.99. The van der Waals surface area contributed by atoms with Crippen molar-refractivity contribution in [3.05, 3.63) is 49.0 Å². The first kappa shape index (κ1) is 17.9. The second-order valence-electron chi connectivity index (χ2n) is 7.19. The minimum absolute atomic E-state index is 0.0223. The molecule has 3 aromatic heterocycles. The van der Waals surface area contributed by atoms with E-state index in [-0.39, 0.29) is 17.5 Å². The molecule has 1 aliphatic rings. The molecule has 1 amide bonds. The van der Waals surface area contributed by atoms with Gasteiger partial charge in [-0.05, 0) is 47.0 Å². The SMILES string of the molecule is Cc1nc(C)c(C(=O)N2CCCCC2c2cc3nc(C)c(C)c(=O)n3[nH]2)s1. The Morgan fingerprint density at radius 1 is 1.19 bits per heavy atom. The summed E-state index contributed by atoms with van der Waals surface area (Å²) in [6, 6.07) is 1.81. The Bertz CT molecular complexity index is 1090. The summed E-state index contributed by atoms with van der Waals surface area (Å²) in [6.45, 7) is 8.13. The number of aromatic nitrogens is 4. The number of thiazole rings is 1. The fourth-order valence-electron chi connectivity index (χ4n) is 3.77. The molecule has 4 heterocycles. The van der Waals surface area contributed by atoms with E-state index in [0.717, 1.165) is 41.4 Å². The van der Waals surface area contributed by atoms with Crippen molar-refractivity contribution in [2.45, 2.75) is 53.0 Å². The lowest BCUT2D eigenvalue weighted by molar-refractivity contribution is 0.0610. The summed E-state index contributed by atoms with van der Waals surface area (Å²) >= 11 is 1.44. The number of piperidine rings is 1. The second kappa shape index (κ2) is 6.60. The van der Waals surface area contributed by atoms with Gasteiger partial charge in [-0.15, -0.1) is 11.3 Å². The number of aryl methyl sites for hydroxylation is 3. The van der Waals surface area contributed by atoms with Gasteiger partial charge in [-0.1, -0.05) is 0 Å². The van der Waals surface area contributed by atoms with Gasteiger partial charge in [0.2, 0.25) is 0 Å². The number of nitrogens with zero attached hydrogens (tertiary/aromatic N) is 4. The predicted octanol–water partition coefficient (Wildman–Crippen LogP) is 3.08. The number of H-pyrrole nitrogens is 1. The molecule has 7 nitrogen and oxygen atoms in total. The van der Waals surface area contributed by atoms with Crippen molar-refractivity contribution < 1.29 is 4.79 Å². The number of amides is 1. The van der Waals surface area contributed by atoms with Gasteiger partial charge in [0.15, 0.2) is 5.65 Å². The van der Waals surface area contributed by atoms with E-state index in [9.17, 15) is 9.59 Å². The Kier molecular flexibility index (Phi) is 4.38. The topological polar surface area (TPSA) is 83.4 Å². The van der Waals surface area contributed by atoms with E-state index in [4.69, 9.17) is 0 Å². The van der Waals surface area contributed by atoms with Crippen LogP contribution in [0.25, 0.3) is 5.65 Å². The molecule has 8 heteroatoms. The maximum Gasteiger partial charge on any atom is 0.275 e. The summed E-state index contributed by atoms with van der Waals surface area (Å²) in [5, 5.41) is 4.09. The third-order valence-electron chi connectivity index (χ3n) is 5.32. The molecule has 0 bridgehead atoms. The molecule has 0 saturated carbocycles. The van der Waals surface area contributed by atoms with Crippen LogP contribution in [0.2, 0.25) is 0 Å². The van der Waals surface area contributed by atoms with Crippen molar-refractivity contribution >= 4 is 22.9 Å². The number of nitrogens with one attached hydrogen (secondary N) is 1. The van der Waals surface area contributed by atoms with Crippen LogP contribution in [0.4, 0.5) is 0 Å². The highest BCUT2D eigenvalue weighted by molar-refractivity contribution is 7.13. The van der Waals surface area contributed by atoms with E-state index < -0.39 is 0 Å². The quantitative estimate of drug-likeness (QED) is 0.735. The monoisotopic (exact) mass is 385 g/mol. The van der Waals surface area contributed by atoms with Gasteiger partial charge in [-0.2, -0.15) is 0 Å². The van der Waals surface area contributed by atoms with Crippen molar-refractivity contribution in [2.75, 3.05) is 6.54 Å². The lowest BCUT2D eigenvalue weighted by Gasteiger charge is -2.34. The van der Waals surface area contributed by atoms with Crippen LogP contribution in [0.1, 0.15) is 62.6 Å². The molecule has 4 rings (SSSR count). The van der Waals surface area contributed by atoms with Crippen LogP contribution in [0.3, 0.4) is 0 Å². The van der Waals surface area contributed by atoms with Crippen LogP contribution >= 0.6 is 11.3 Å². The van der Waals surface area contributed by atoms with Gasteiger partial charge in [0.1, 0.15) is 4.88 Å². The molecule has 3 aromatic rings. The van der Waals surface area contributed by atoms with Crippen LogP contribution in [0.15, 0.2) is 10.9 Å². The van der Waals surface area contributed by atoms with Gasteiger partial charge in [0, 0.05) is 23.9 Å². The average molecular weight is 385 g/mol. The molecule has 0 aliphatic carbocycles. The zero-order chi connectivity index (χ0) is 19.3. The summed E-state index contributed by atoms with van der Waals surface area (Å²) in [5.74, 6) is 0.0223. The Morgan fingerprint density at radius 2 is 1.96 bits per heavy atom. The third-order valence-corrected chi connectivity index (χ3v) is 6.38. The fraction of sp³-hybridized carbons (Fsp3) is 0.474. The summed E-state index contributed by atoms with van der Waals surface area (Å²) in [4.78, 5) is 37.3. The molecule has 27 heavy (non-hydrogen) atoms. The summed E-state index contributed by atoms with van der Waals surface area (Å²) in [5.41, 5.74) is 3.52. The van der Waals surface area contributed by atoms with Crippen LogP contribution in [-0.4, -0.2) is 36.9 Å². The van der Waals surface area contributed by atoms with Crippen LogP contribution in [-0.2, 0) is 0 Å². The van der Waals surface area contributed by atoms with Crippen molar-refractivity contribution in [1.29, 1.82) is 0 Å². The van der Waals surface area contributed by atoms with Gasteiger partial charge in [-0.3, -0.25) is 14.7 Å². The van der Waals surface area contributed by atoms with E-state index in [2.05, 4.69) is 15.1 Å². The molecule has 1 atom stereocenters. The summed E-state index contributed by atoms with van der Waals surface area (Å²) in [7, 11) is 0. The van der Waals surface area contributed by atoms with Gasteiger partial charge < -0.3 is 4.90 Å². The normalized spacial score (nSPS) is 17.6. The molecule has 142 valence electrons. The lowest BCUT2D eigenvalue weighted by Crippen LogP contribution is -2.38. The minimum Gasteiger partial charge on any atom is -0.329 e. The number of fused-ring (bicyclic) bond motifs is 1. The van der Waals surface area contributed by atoms with Gasteiger partial charge in [-0.25, -0.2) is 14.5 Å². The van der Waals surface area contributed by atoms with Gasteiger partial charge in [0.25, 0.3) is 11.5 Å². The highest BCUT2D eigenvalue weighted by atomic mass is 32.1. The molecule has 1 unspecified atom stereocenters. The van der Waals surface area contributed by atoms with Crippen LogP contribution < -0.4 is 5.56 Å².